The Morgan fingerprint density at radius 3 is 2.73 bits per heavy atom. The van der Waals surface area contributed by atoms with Crippen LogP contribution >= 0.6 is 0 Å². The molecule has 2 heterocycles. The van der Waals surface area contributed by atoms with Gasteiger partial charge in [-0.3, -0.25) is 14.4 Å². The summed E-state index contributed by atoms with van der Waals surface area (Å²) < 4.78 is 10.5. The van der Waals surface area contributed by atoms with Crippen LogP contribution in [0, 0.1) is 11.8 Å². The first-order valence-electron chi connectivity index (χ1n) is 11.1. The monoisotopic (exact) mass is 455 g/mol. The number of alkyl carbamates (subject to hydrolysis) is 1. The Balaban J connectivity index is 1.61. The lowest BCUT2D eigenvalue weighted by molar-refractivity contribution is -0.141. The quantitative estimate of drug-likeness (QED) is 0.615. The van der Waals surface area contributed by atoms with Crippen LogP contribution in [0.1, 0.15) is 50.0 Å². The minimum absolute atomic E-state index is 0.0799. The van der Waals surface area contributed by atoms with Crippen molar-refractivity contribution in [3.8, 4) is 0 Å². The normalized spacial score (nSPS) is 17.6. The summed E-state index contributed by atoms with van der Waals surface area (Å²) in [5.74, 6) is -2.01. The molecule has 0 spiro atoms. The van der Waals surface area contributed by atoms with Gasteiger partial charge in [0.15, 0.2) is 5.78 Å². The van der Waals surface area contributed by atoms with Gasteiger partial charge in [0, 0.05) is 30.9 Å². The van der Waals surface area contributed by atoms with E-state index in [0.717, 1.165) is 11.1 Å². The standard InChI is InChI=1S/C24H29N3O6/c1-15(2)21(27-24(31)32-14-16-7-4-3-5-8-16)19(28)11-17-9-6-10-20-18(13-26-33-20)12-25-23(30)22(17)29/h3-5,7-8,13,15,17,21H,6,9-12,14H2,1-2H3,(H,25,30)(H,27,31). The lowest BCUT2D eigenvalue weighted by Gasteiger charge is -2.23. The zero-order valence-electron chi connectivity index (χ0n) is 18.8. The molecule has 0 saturated carbocycles. The molecule has 0 fully saturated rings. The topological polar surface area (TPSA) is 128 Å². The van der Waals surface area contributed by atoms with E-state index in [1.165, 1.54) is 6.20 Å². The second kappa shape index (κ2) is 11.4. The Morgan fingerprint density at radius 1 is 1.24 bits per heavy atom. The fourth-order valence-electron chi connectivity index (χ4n) is 3.80. The van der Waals surface area contributed by atoms with Gasteiger partial charge >= 0.3 is 6.09 Å². The van der Waals surface area contributed by atoms with Gasteiger partial charge < -0.3 is 19.9 Å². The first kappa shape index (κ1) is 24.2. The number of aryl methyl sites for hydroxylation is 1. The first-order chi connectivity index (χ1) is 15.8. The number of benzene rings is 1. The van der Waals surface area contributed by atoms with Gasteiger partial charge in [-0.2, -0.15) is 0 Å². The van der Waals surface area contributed by atoms with Crippen molar-refractivity contribution in [3.05, 3.63) is 53.4 Å². The molecule has 3 rings (SSSR count). The fourth-order valence-corrected chi connectivity index (χ4v) is 3.80. The van der Waals surface area contributed by atoms with Crippen LogP contribution in [0.5, 0.6) is 0 Å². The number of ketones is 2. The summed E-state index contributed by atoms with van der Waals surface area (Å²) in [4.78, 5) is 50.4. The Hall–Kier alpha value is -3.49. The van der Waals surface area contributed by atoms with E-state index >= 15 is 0 Å². The number of nitrogens with one attached hydrogen (secondary N) is 2. The van der Waals surface area contributed by atoms with Crippen molar-refractivity contribution in [1.29, 1.82) is 0 Å². The Bertz CT molecular complexity index is 985. The number of hydrogen-bond donors (Lipinski definition) is 2. The molecule has 1 aliphatic rings. The lowest BCUT2D eigenvalue weighted by atomic mass is 9.86. The van der Waals surface area contributed by atoms with Gasteiger partial charge in [-0.05, 0) is 24.3 Å². The molecule has 1 aliphatic heterocycles. The van der Waals surface area contributed by atoms with Crippen LogP contribution in [-0.4, -0.2) is 34.8 Å². The van der Waals surface area contributed by atoms with Gasteiger partial charge in [-0.1, -0.05) is 49.3 Å². The van der Waals surface area contributed by atoms with Crippen molar-refractivity contribution in [1.82, 2.24) is 15.8 Å². The smallest absolute Gasteiger partial charge is 0.408 e. The van der Waals surface area contributed by atoms with Crippen LogP contribution in [0.2, 0.25) is 0 Å². The van der Waals surface area contributed by atoms with E-state index in [1.54, 1.807) is 13.8 Å². The van der Waals surface area contributed by atoms with Gasteiger partial charge in [0.2, 0.25) is 5.78 Å². The minimum atomic E-state index is -0.833. The lowest BCUT2D eigenvalue weighted by Crippen LogP contribution is -2.46. The summed E-state index contributed by atoms with van der Waals surface area (Å²) in [5, 5.41) is 8.94. The zero-order chi connectivity index (χ0) is 23.8. The second-order valence-electron chi connectivity index (χ2n) is 8.51. The first-order valence-corrected chi connectivity index (χ1v) is 11.1. The Morgan fingerprint density at radius 2 is 2.00 bits per heavy atom. The van der Waals surface area contributed by atoms with E-state index in [4.69, 9.17) is 9.26 Å². The zero-order valence-corrected chi connectivity index (χ0v) is 18.8. The van der Waals surface area contributed by atoms with Crippen molar-refractivity contribution in [2.24, 2.45) is 11.8 Å². The molecule has 0 radical (unpaired) electrons. The van der Waals surface area contributed by atoms with E-state index in [9.17, 15) is 19.2 Å². The third kappa shape index (κ3) is 6.74. The van der Waals surface area contributed by atoms with Gasteiger partial charge in [0.25, 0.3) is 5.91 Å². The van der Waals surface area contributed by atoms with Crippen molar-refractivity contribution in [3.63, 3.8) is 0 Å². The van der Waals surface area contributed by atoms with Crippen LogP contribution < -0.4 is 10.6 Å². The average molecular weight is 456 g/mol. The van der Waals surface area contributed by atoms with Crippen LogP contribution in [0.25, 0.3) is 0 Å². The minimum Gasteiger partial charge on any atom is -0.445 e. The highest BCUT2D eigenvalue weighted by molar-refractivity contribution is 6.37. The molecule has 2 aromatic rings. The molecule has 1 aromatic carbocycles. The third-order valence-corrected chi connectivity index (χ3v) is 5.67. The molecule has 0 aliphatic carbocycles. The molecule has 2 unspecified atom stereocenters. The predicted molar refractivity (Wildman–Crippen MR) is 118 cm³/mol. The predicted octanol–water partition coefficient (Wildman–Crippen LogP) is 2.72. The highest BCUT2D eigenvalue weighted by atomic mass is 16.5. The molecule has 1 aromatic heterocycles. The molecule has 9 heteroatoms. The van der Waals surface area contributed by atoms with Crippen LogP contribution in [-0.2, 0) is 38.7 Å². The van der Waals surface area contributed by atoms with E-state index in [2.05, 4.69) is 15.8 Å². The van der Waals surface area contributed by atoms with Gasteiger partial charge in [-0.15, -0.1) is 0 Å². The summed E-state index contributed by atoms with van der Waals surface area (Å²) in [7, 11) is 0. The maximum atomic E-state index is 13.0. The summed E-state index contributed by atoms with van der Waals surface area (Å²) in [5.41, 5.74) is 1.57. The van der Waals surface area contributed by atoms with Crippen LogP contribution in [0.4, 0.5) is 4.79 Å². The van der Waals surface area contributed by atoms with E-state index < -0.39 is 29.7 Å². The number of fused-ring (bicyclic) bond motifs is 1. The van der Waals surface area contributed by atoms with E-state index in [0.29, 0.717) is 25.0 Å². The molecule has 9 nitrogen and oxygen atoms in total. The number of nitrogens with zero attached hydrogens (tertiary/aromatic N) is 1. The number of carbonyl (C=O) groups is 4. The molecule has 176 valence electrons. The maximum absolute atomic E-state index is 13.0. The maximum Gasteiger partial charge on any atom is 0.408 e. The van der Waals surface area contributed by atoms with Crippen LogP contribution in [0.3, 0.4) is 0 Å². The van der Waals surface area contributed by atoms with Gasteiger partial charge in [-0.25, -0.2) is 4.79 Å². The summed E-state index contributed by atoms with van der Waals surface area (Å²) in [6, 6.07) is 8.37. The van der Waals surface area contributed by atoms with Crippen molar-refractivity contribution >= 4 is 23.6 Å². The number of amides is 2. The second-order valence-corrected chi connectivity index (χ2v) is 8.51. The number of rotatable bonds is 7. The van der Waals surface area contributed by atoms with Crippen LogP contribution in [0.15, 0.2) is 41.1 Å². The summed E-state index contributed by atoms with van der Waals surface area (Å²) >= 11 is 0. The molecule has 0 saturated heterocycles. The largest absolute Gasteiger partial charge is 0.445 e. The molecule has 2 N–H and O–H groups in total. The van der Waals surface area contributed by atoms with E-state index in [1.807, 2.05) is 30.3 Å². The van der Waals surface area contributed by atoms with Crippen molar-refractivity contribution < 1.29 is 28.4 Å². The average Bonchev–Trinajstić information content (AvgIpc) is 3.25. The number of carbonyl (C=O) groups excluding carboxylic acids is 4. The molecule has 2 atom stereocenters. The van der Waals surface area contributed by atoms with E-state index in [-0.39, 0.29) is 31.3 Å². The van der Waals surface area contributed by atoms with Crippen molar-refractivity contribution in [2.45, 2.75) is 58.7 Å². The summed E-state index contributed by atoms with van der Waals surface area (Å²) in [6.07, 6.45) is 2.15. The highest BCUT2D eigenvalue weighted by Gasteiger charge is 2.33. The molecule has 0 bridgehead atoms. The fraction of sp³-hybridized carbons (Fsp3) is 0.458. The number of ether oxygens (including phenoxy) is 1. The molecular weight excluding hydrogens is 426 g/mol. The van der Waals surface area contributed by atoms with Gasteiger partial charge in [0.1, 0.15) is 12.4 Å². The highest BCUT2D eigenvalue weighted by Crippen LogP contribution is 2.21. The number of Topliss-reactive ketones (excluding diaryl/α,β-unsaturated/α-hetero) is 2. The van der Waals surface area contributed by atoms with Gasteiger partial charge in [0.05, 0.1) is 12.2 Å². The van der Waals surface area contributed by atoms with Crippen molar-refractivity contribution in [2.75, 3.05) is 0 Å². The number of hydrogen-bond acceptors (Lipinski definition) is 7. The Labute approximate surface area is 192 Å². The Kier molecular flexibility index (Phi) is 8.34. The molecule has 2 amide bonds. The third-order valence-electron chi connectivity index (χ3n) is 5.67. The summed E-state index contributed by atoms with van der Waals surface area (Å²) in [6.45, 7) is 3.82. The molecular formula is C24H29N3O6. The number of aromatic nitrogens is 1. The molecule has 33 heavy (non-hydrogen) atoms. The SMILES string of the molecule is CC(C)C(NC(=O)OCc1ccccc1)C(=O)CC1CCCc2oncc2CNC(=O)C1=O.